The van der Waals surface area contributed by atoms with Crippen molar-refractivity contribution >= 4 is 5.97 Å². The highest BCUT2D eigenvalue weighted by atomic mass is 19.4. The minimum Gasteiger partial charge on any atom is -0.492 e. The summed E-state index contributed by atoms with van der Waals surface area (Å²) < 4.78 is 34.9. The summed E-state index contributed by atoms with van der Waals surface area (Å²) in [6.07, 6.45) is -5.19. The summed E-state index contributed by atoms with van der Waals surface area (Å²) in [6.45, 7) is 0. The van der Waals surface area contributed by atoms with Gasteiger partial charge in [-0.2, -0.15) is 13.2 Å². The molecule has 0 amide bonds. The topological polar surface area (TPSA) is 71.7 Å². The quantitative estimate of drug-likeness (QED) is 0.705. The van der Waals surface area contributed by atoms with Crippen molar-refractivity contribution in [2.75, 3.05) is 0 Å². The van der Waals surface area contributed by atoms with E-state index in [4.69, 9.17) is 10.2 Å². The van der Waals surface area contributed by atoms with Crippen molar-refractivity contribution in [1.29, 1.82) is 0 Å². The zero-order valence-electron chi connectivity index (χ0n) is 6.45. The molecular weight excluding hydrogens is 207 g/mol. The fourth-order valence-electron chi connectivity index (χ4n) is 0.630. The smallest absolute Gasteiger partial charge is 0.492 e. The van der Waals surface area contributed by atoms with Crippen LogP contribution in [0.5, 0.6) is 11.8 Å². The first-order valence-corrected chi connectivity index (χ1v) is 3.21. The fraction of sp³-hybridized carbons (Fsp3) is 0.167. The summed E-state index contributed by atoms with van der Waals surface area (Å²) in [6, 6.07) is 1.72. The van der Waals surface area contributed by atoms with E-state index in [1.165, 1.54) is 0 Å². The highest BCUT2D eigenvalue weighted by Crippen LogP contribution is 2.21. The SMILES string of the molecule is O=C(On1c(O)ccc1O)C(F)(F)F. The van der Waals surface area contributed by atoms with Crippen LogP contribution >= 0.6 is 0 Å². The third-order valence-electron chi connectivity index (χ3n) is 1.20. The molecule has 78 valence electrons. The van der Waals surface area contributed by atoms with Gasteiger partial charge in [0.2, 0.25) is 11.8 Å². The molecule has 8 heteroatoms. The number of hydrogen-bond acceptors (Lipinski definition) is 4. The van der Waals surface area contributed by atoms with Crippen LogP contribution in [0.2, 0.25) is 0 Å². The zero-order chi connectivity index (χ0) is 10.9. The van der Waals surface area contributed by atoms with Crippen molar-refractivity contribution < 1.29 is 33.0 Å². The van der Waals surface area contributed by atoms with E-state index >= 15 is 0 Å². The number of aromatic hydroxyl groups is 2. The van der Waals surface area contributed by atoms with E-state index in [-0.39, 0.29) is 4.73 Å². The molecule has 1 heterocycles. The molecular formula is C6H4F3NO4. The van der Waals surface area contributed by atoms with Crippen LogP contribution in [0.1, 0.15) is 0 Å². The van der Waals surface area contributed by atoms with Crippen molar-refractivity contribution in [2.45, 2.75) is 6.18 Å². The molecule has 0 saturated heterocycles. The molecule has 0 spiro atoms. The molecule has 1 aromatic rings. The average Bonchev–Trinajstić information content (AvgIpc) is 2.34. The Labute approximate surface area is 74.9 Å². The van der Waals surface area contributed by atoms with Gasteiger partial charge < -0.3 is 15.1 Å². The van der Waals surface area contributed by atoms with Gasteiger partial charge in [0.25, 0.3) is 0 Å². The molecule has 2 N–H and O–H groups in total. The molecule has 1 aromatic heterocycles. The van der Waals surface area contributed by atoms with Crippen LogP contribution in [-0.2, 0) is 4.79 Å². The molecule has 14 heavy (non-hydrogen) atoms. The number of aromatic nitrogens is 1. The number of hydrogen-bond donors (Lipinski definition) is 2. The standard InChI is InChI=1S/C6H4F3NO4/c7-6(8,9)5(13)14-10-3(11)1-2-4(10)12/h1-2,11-12H. The number of nitrogens with zero attached hydrogens (tertiary/aromatic N) is 1. The van der Waals surface area contributed by atoms with Gasteiger partial charge >= 0.3 is 12.1 Å². The number of carbonyl (C=O) groups is 1. The largest absolute Gasteiger partial charge is 0.493 e. The Balaban J connectivity index is 2.85. The first kappa shape index (κ1) is 10.2. The normalized spacial score (nSPS) is 11.4. The number of halogens is 3. The summed E-state index contributed by atoms with van der Waals surface area (Å²) in [5.74, 6) is -4.18. The lowest BCUT2D eigenvalue weighted by Gasteiger charge is -2.08. The minimum atomic E-state index is -5.19. The van der Waals surface area contributed by atoms with Crippen LogP contribution in [0, 0.1) is 0 Å². The number of alkyl halides is 3. The molecule has 0 fully saturated rings. The lowest BCUT2D eigenvalue weighted by Crippen LogP contribution is -2.32. The van der Waals surface area contributed by atoms with E-state index in [1.807, 2.05) is 0 Å². The Morgan fingerprint density at radius 1 is 1.29 bits per heavy atom. The maximum Gasteiger partial charge on any atom is 0.493 e. The van der Waals surface area contributed by atoms with Crippen LogP contribution in [0.3, 0.4) is 0 Å². The molecule has 0 aliphatic heterocycles. The minimum absolute atomic E-state index is 0.0458. The van der Waals surface area contributed by atoms with E-state index in [9.17, 15) is 18.0 Å². The second-order valence-electron chi connectivity index (χ2n) is 2.22. The highest BCUT2D eigenvalue weighted by Gasteiger charge is 2.42. The fourth-order valence-corrected chi connectivity index (χ4v) is 0.630. The lowest BCUT2D eigenvalue weighted by atomic mass is 10.6. The van der Waals surface area contributed by atoms with Crippen molar-refractivity contribution in [3.05, 3.63) is 12.1 Å². The van der Waals surface area contributed by atoms with Gasteiger partial charge in [0.15, 0.2) is 0 Å². The second-order valence-corrected chi connectivity index (χ2v) is 2.22. The summed E-state index contributed by atoms with van der Waals surface area (Å²) in [5.41, 5.74) is 0. The van der Waals surface area contributed by atoms with Crippen molar-refractivity contribution in [2.24, 2.45) is 0 Å². The van der Waals surface area contributed by atoms with E-state index in [0.717, 1.165) is 12.1 Å². The third-order valence-corrected chi connectivity index (χ3v) is 1.20. The molecule has 5 nitrogen and oxygen atoms in total. The Kier molecular flexibility index (Phi) is 2.28. The van der Waals surface area contributed by atoms with Gasteiger partial charge in [0, 0.05) is 12.1 Å². The summed E-state index contributed by atoms with van der Waals surface area (Å²) in [4.78, 5) is 13.9. The van der Waals surface area contributed by atoms with Crippen LogP contribution in [-0.4, -0.2) is 27.1 Å². The van der Waals surface area contributed by atoms with Crippen LogP contribution in [0.15, 0.2) is 12.1 Å². The molecule has 0 atom stereocenters. The second kappa shape index (κ2) is 3.13. The van der Waals surface area contributed by atoms with E-state index in [0.29, 0.717) is 0 Å². The molecule has 0 aliphatic carbocycles. The molecule has 0 bridgehead atoms. The van der Waals surface area contributed by atoms with E-state index in [1.54, 1.807) is 0 Å². The van der Waals surface area contributed by atoms with Gasteiger partial charge in [-0.05, 0) is 0 Å². The number of rotatable bonds is 1. The van der Waals surface area contributed by atoms with Crippen LogP contribution in [0.25, 0.3) is 0 Å². The van der Waals surface area contributed by atoms with E-state index in [2.05, 4.69) is 4.84 Å². The van der Waals surface area contributed by atoms with Crippen molar-refractivity contribution in [1.82, 2.24) is 4.73 Å². The zero-order valence-corrected chi connectivity index (χ0v) is 6.45. The van der Waals surface area contributed by atoms with Gasteiger partial charge in [-0.15, -0.1) is 4.73 Å². The van der Waals surface area contributed by atoms with Crippen molar-refractivity contribution in [3.63, 3.8) is 0 Å². The van der Waals surface area contributed by atoms with Crippen LogP contribution < -0.4 is 4.84 Å². The first-order valence-electron chi connectivity index (χ1n) is 3.21. The third kappa shape index (κ3) is 1.90. The summed E-state index contributed by atoms with van der Waals surface area (Å²) in [7, 11) is 0. The van der Waals surface area contributed by atoms with Gasteiger partial charge in [0.05, 0.1) is 0 Å². The number of carbonyl (C=O) groups excluding carboxylic acids is 1. The van der Waals surface area contributed by atoms with E-state index < -0.39 is 23.9 Å². The molecule has 0 saturated carbocycles. The van der Waals surface area contributed by atoms with Crippen LogP contribution in [0.4, 0.5) is 13.2 Å². The summed E-state index contributed by atoms with van der Waals surface area (Å²) in [5, 5.41) is 17.6. The summed E-state index contributed by atoms with van der Waals surface area (Å²) >= 11 is 0. The van der Waals surface area contributed by atoms with Gasteiger partial charge in [-0.3, -0.25) is 0 Å². The Morgan fingerprint density at radius 2 is 1.71 bits per heavy atom. The first-order chi connectivity index (χ1) is 6.32. The maximum absolute atomic E-state index is 11.7. The Hall–Kier alpha value is -1.86. The highest BCUT2D eigenvalue weighted by molar-refractivity contribution is 5.76. The molecule has 0 unspecified atom stereocenters. The molecule has 0 aromatic carbocycles. The monoisotopic (exact) mass is 211 g/mol. The van der Waals surface area contributed by atoms with Gasteiger partial charge in [-0.1, -0.05) is 0 Å². The average molecular weight is 211 g/mol. The molecule has 1 rings (SSSR count). The predicted octanol–water partition coefficient (Wildman–Crippen LogP) is 0.417. The molecule has 0 aliphatic rings. The Bertz CT molecular complexity index is 337. The van der Waals surface area contributed by atoms with Gasteiger partial charge in [0.1, 0.15) is 0 Å². The maximum atomic E-state index is 11.7. The Morgan fingerprint density at radius 3 is 2.07 bits per heavy atom. The molecule has 0 radical (unpaired) electrons. The lowest BCUT2D eigenvalue weighted by molar-refractivity contribution is -0.200. The van der Waals surface area contributed by atoms with Gasteiger partial charge in [-0.25, -0.2) is 4.79 Å². The van der Waals surface area contributed by atoms with Crippen molar-refractivity contribution in [3.8, 4) is 11.8 Å². The predicted molar refractivity (Wildman–Crippen MR) is 35.4 cm³/mol.